The number of nitrogens with zero attached hydrogens (tertiary/aromatic N) is 5. The monoisotopic (exact) mass is 709 g/mol. The number of fused-ring (bicyclic) bond motifs is 2. The molecule has 2 N–H and O–H groups in total. The van der Waals surface area contributed by atoms with Crippen LogP contribution in [-0.2, 0) is 24.4 Å². The van der Waals surface area contributed by atoms with E-state index in [1.165, 1.54) is 6.07 Å². The number of imidazole rings is 1. The first kappa shape index (κ1) is 33.1. The Hall–Kier alpha value is -5.04. The highest BCUT2D eigenvalue weighted by Crippen LogP contribution is 2.31. The van der Waals surface area contributed by atoms with E-state index in [0.717, 1.165) is 79.0 Å². The molecule has 13 heteroatoms. The van der Waals surface area contributed by atoms with Crippen molar-refractivity contribution in [2.45, 2.75) is 51.0 Å². The van der Waals surface area contributed by atoms with E-state index in [9.17, 15) is 9.18 Å². The average Bonchev–Trinajstić information content (AvgIpc) is 3.69. The lowest BCUT2D eigenvalue weighted by atomic mass is 9.93. The Labute approximate surface area is 298 Å². The molecule has 0 spiro atoms. The largest absolute Gasteiger partial charge is 0.480 e. The zero-order valence-electron chi connectivity index (χ0n) is 28.1. The standard InChI is InChI=1S/C38H37ClFN7O4/c1-49-38-29-19-27(8-9-32(29)44-45-38)41-37(48)24-6-10-34-33(17-24)42-35(47(34)20-28-13-16-50-28)21-46-14-11-23(12-15-46)31-3-2-4-36(43-31)51-22-25-5-7-26(39)18-30(25)40/h2-10,17-19,23,28H,11-16,20-22H2,1H3,(H,41,48)(H,44,45)/t28-/m0/s1. The van der Waals surface area contributed by atoms with Crippen LogP contribution in [0.4, 0.5) is 10.1 Å². The van der Waals surface area contributed by atoms with Crippen molar-refractivity contribution in [2.75, 3.05) is 32.1 Å². The summed E-state index contributed by atoms with van der Waals surface area (Å²) >= 11 is 5.88. The molecule has 2 saturated heterocycles. The number of anilines is 1. The van der Waals surface area contributed by atoms with Crippen LogP contribution in [-0.4, -0.2) is 68.4 Å². The van der Waals surface area contributed by atoms with Gasteiger partial charge in [0.05, 0.1) is 48.2 Å². The summed E-state index contributed by atoms with van der Waals surface area (Å²) in [5.41, 5.74) is 5.16. The van der Waals surface area contributed by atoms with E-state index in [1.807, 2.05) is 48.5 Å². The van der Waals surface area contributed by atoms with E-state index < -0.39 is 5.82 Å². The number of aromatic nitrogens is 5. The molecule has 11 nitrogen and oxygen atoms in total. The van der Waals surface area contributed by atoms with Crippen molar-refractivity contribution in [1.29, 1.82) is 0 Å². The molecular weight excluding hydrogens is 673 g/mol. The van der Waals surface area contributed by atoms with Gasteiger partial charge in [-0.15, -0.1) is 5.10 Å². The van der Waals surface area contributed by atoms with E-state index in [1.54, 1.807) is 25.3 Å². The maximum Gasteiger partial charge on any atom is 0.255 e. The molecule has 262 valence electrons. The second-order valence-corrected chi connectivity index (χ2v) is 13.5. The number of methoxy groups -OCH3 is 1. The third-order valence-electron chi connectivity index (χ3n) is 9.75. The van der Waals surface area contributed by atoms with Gasteiger partial charge in [0.25, 0.3) is 5.91 Å². The second-order valence-electron chi connectivity index (χ2n) is 13.0. The minimum atomic E-state index is -0.396. The van der Waals surface area contributed by atoms with Gasteiger partial charge in [0.2, 0.25) is 11.8 Å². The fourth-order valence-electron chi connectivity index (χ4n) is 6.82. The number of benzene rings is 3. The lowest BCUT2D eigenvalue weighted by Gasteiger charge is -2.32. The van der Waals surface area contributed by atoms with Crippen molar-refractivity contribution in [1.82, 2.24) is 29.6 Å². The molecule has 5 heterocycles. The predicted octanol–water partition coefficient (Wildman–Crippen LogP) is 7.11. The van der Waals surface area contributed by atoms with E-state index in [0.29, 0.717) is 40.1 Å². The Kier molecular flexibility index (Phi) is 9.28. The Morgan fingerprint density at radius 1 is 1.06 bits per heavy atom. The normalized spacial score (nSPS) is 16.7. The lowest BCUT2D eigenvalue weighted by Crippen LogP contribution is -2.35. The fraction of sp³-hybridized carbons (Fsp3) is 0.316. The van der Waals surface area contributed by atoms with Crippen LogP contribution in [0.2, 0.25) is 5.02 Å². The van der Waals surface area contributed by atoms with Crippen molar-refractivity contribution in [2.24, 2.45) is 0 Å². The van der Waals surface area contributed by atoms with Gasteiger partial charge in [0.1, 0.15) is 18.2 Å². The van der Waals surface area contributed by atoms with Gasteiger partial charge in [0, 0.05) is 46.1 Å². The number of hydrogen-bond acceptors (Lipinski definition) is 8. The molecule has 2 aliphatic heterocycles. The minimum absolute atomic E-state index is 0.0783. The number of pyridine rings is 1. The van der Waals surface area contributed by atoms with Crippen molar-refractivity contribution >= 4 is 45.1 Å². The maximum atomic E-state index is 14.2. The van der Waals surface area contributed by atoms with E-state index in [-0.39, 0.29) is 24.5 Å². The third kappa shape index (κ3) is 7.12. The summed E-state index contributed by atoms with van der Waals surface area (Å²) in [7, 11) is 1.56. The molecule has 0 saturated carbocycles. The summed E-state index contributed by atoms with van der Waals surface area (Å²) in [6.07, 6.45) is 3.05. The highest BCUT2D eigenvalue weighted by molar-refractivity contribution is 6.30. The summed E-state index contributed by atoms with van der Waals surface area (Å²) in [6, 6.07) is 21.6. The van der Waals surface area contributed by atoms with Gasteiger partial charge in [0.15, 0.2) is 0 Å². The number of nitrogens with one attached hydrogen (secondary N) is 2. The van der Waals surface area contributed by atoms with Crippen LogP contribution in [0.25, 0.3) is 21.9 Å². The molecule has 3 aromatic heterocycles. The number of halogens is 2. The zero-order chi connectivity index (χ0) is 34.9. The molecule has 1 amide bonds. The van der Waals surface area contributed by atoms with Crippen LogP contribution in [0.1, 0.15) is 52.6 Å². The number of H-pyrrole nitrogens is 1. The predicted molar refractivity (Wildman–Crippen MR) is 192 cm³/mol. The SMILES string of the molecule is COc1n[nH]c2ccc(NC(=O)c3ccc4c(c3)nc(CN3CCC(c5cccc(OCc6ccc(Cl)cc6F)n5)CC3)n4C[C@@H]3CCO3)cc12. The molecule has 0 aliphatic carbocycles. The summed E-state index contributed by atoms with van der Waals surface area (Å²) in [4.78, 5) is 25.6. The second kappa shape index (κ2) is 14.3. The first-order valence-corrected chi connectivity index (χ1v) is 17.5. The van der Waals surface area contributed by atoms with E-state index in [4.69, 9.17) is 35.8 Å². The van der Waals surface area contributed by atoms with Crippen LogP contribution in [0.3, 0.4) is 0 Å². The van der Waals surface area contributed by atoms with Gasteiger partial charge >= 0.3 is 0 Å². The Morgan fingerprint density at radius 2 is 1.92 bits per heavy atom. The van der Waals surface area contributed by atoms with Crippen molar-refractivity contribution in [3.63, 3.8) is 0 Å². The number of amides is 1. The fourth-order valence-corrected chi connectivity index (χ4v) is 6.98. The number of piperidine rings is 1. The van der Waals surface area contributed by atoms with Gasteiger partial charge in [-0.25, -0.2) is 14.4 Å². The quantitative estimate of drug-likeness (QED) is 0.146. The van der Waals surface area contributed by atoms with Crippen LogP contribution < -0.4 is 14.8 Å². The Morgan fingerprint density at radius 3 is 2.71 bits per heavy atom. The minimum Gasteiger partial charge on any atom is -0.480 e. The lowest BCUT2D eigenvalue weighted by molar-refractivity contribution is -0.0592. The molecule has 0 bridgehead atoms. The van der Waals surface area contributed by atoms with Gasteiger partial charge in [-0.2, -0.15) is 0 Å². The summed E-state index contributed by atoms with van der Waals surface area (Å²) in [6.45, 7) is 4.03. The van der Waals surface area contributed by atoms with Crippen molar-refractivity contribution in [3.05, 3.63) is 106 Å². The summed E-state index contributed by atoms with van der Waals surface area (Å²) in [5, 5.41) is 11.2. The number of rotatable bonds is 11. The molecule has 51 heavy (non-hydrogen) atoms. The molecule has 0 unspecified atom stereocenters. The molecule has 3 aromatic carbocycles. The maximum absolute atomic E-state index is 14.2. The number of ether oxygens (including phenoxy) is 3. The summed E-state index contributed by atoms with van der Waals surface area (Å²) in [5.74, 6) is 1.57. The Bertz CT molecular complexity index is 2210. The number of hydrogen-bond donors (Lipinski definition) is 2. The average molecular weight is 710 g/mol. The van der Waals surface area contributed by atoms with E-state index >= 15 is 0 Å². The molecule has 0 radical (unpaired) electrons. The highest BCUT2D eigenvalue weighted by Gasteiger charge is 2.26. The Balaban J connectivity index is 0.940. The van der Waals surface area contributed by atoms with Crippen LogP contribution in [0, 0.1) is 5.82 Å². The van der Waals surface area contributed by atoms with Crippen molar-refractivity contribution in [3.8, 4) is 11.8 Å². The van der Waals surface area contributed by atoms with Gasteiger partial charge in [-0.3, -0.25) is 14.8 Å². The molecular formula is C38H37ClFN7O4. The zero-order valence-corrected chi connectivity index (χ0v) is 28.8. The topological polar surface area (TPSA) is 119 Å². The molecule has 1 atom stereocenters. The first-order chi connectivity index (χ1) is 24.9. The van der Waals surface area contributed by atoms with Crippen molar-refractivity contribution < 1.29 is 23.4 Å². The highest BCUT2D eigenvalue weighted by atomic mass is 35.5. The molecule has 2 aliphatic rings. The molecule has 6 aromatic rings. The van der Waals surface area contributed by atoms with Gasteiger partial charge in [-0.1, -0.05) is 23.7 Å². The molecule has 2 fully saturated rings. The molecule has 8 rings (SSSR count). The van der Waals surface area contributed by atoms with Crippen LogP contribution in [0.5, 0.6) is 11.8 Å². The van der Waals surface area contributed by atoms with Crippen LogP contribution in [0.15, 0.2) is 72.8 Å². The third-order valence-corrected chi connectivity index (χ3v) is 9.99. The summed E-state index contributed by atoms with van der Waals surface area (Å²) < 4.78 is 33.5. The number of aromatic amines is 1. The number of likely N-dealkylation sites (tertiary alicyclic amines) is 1. The number of carbonyl (C=O) groups excluding carboxylic acids is 1. The number of carbonyl (C=O) groups is 1. The first-order valence-electron chi connectivity index (χ1n) is 17.1. The smallest absolute Gasteiger partial charge is 0.255 e. The van der Waals surface area contributed by atoms with E-state index in [2.05, 4.69) is 25.0 Å². The van der Waals surface area contributed by atoms with Crippen LogP contribution >= 0.6 is 11.6 Å². The van der Waals surface area contributed by atoms with Gasteiger partial charge in [-0.05, 0) is 86.9 Å². The van der Waals surface area contributed by atoms with Gasteiger partial charge < -0.3 is 24.1 Å².